The molecule has 1 fully saturated rings. The van der Waals surface area contributed by atoms with E-state index in [0.29, 0.717) is 17.4 Å². The minimum atomic E-state index is -0.283. The van der Waals surface area contributed by atoms with Crippen LogP contribution in [0.5, 0.6) is 5.75 Å². The largest absolute Gasteiger partial charge is 0.484 e. The summed E-state index contributed by atoms with van der Waals surface area (Å²) in [4.78, 5) is 4.54. The molecule has 2 aromatic heterocycles. The van der Waals surface area contributed by atoms with Gasteiger partial charge in [-0.3, -0.25) is 9.67 Å². The second kappa shape index (κ2) is 16.1. The van der Waals surface area contributed by atoms with Crippen LogP contribution in [-0.2, 0) is 0 Å². The lowest BCUT2D eigenvalue weighted by Crippen LogP contribution is -2.29. The van der Waals surface area contributed by atoms with Gasteiger partial charge in [0, 0.05) is 29.1 Å². The molecule has 1 aliphatic heterocycles. The Morgan fingerprint density at radius 3 is 2.25 bits per heavy atom. The SMILES string of the molecule is CC.CC.CC.Cc1ccc(F)c(C)c1C(C)Oc1cc(-c2cnn(C3CCNCC3)c2)cnc1C. The summed E-state index contributed by atoms with van der Waals surface area (Å²) in [5, 5.41) is 7.98. The molecule has 6 heteroatoms. The molecule has 0 aliphatic carbocycles. The highest BCUT2D eigenvalue weighted by Gasteiger charge is 2.19. The van der Waals surface area contributed by atoms with Crippen molar-refractivity contribution < 1.29 is 9.13 Å². The van der Waals surface area contributed by atoms with Gasteiger partial charge in [-0.05, 0) is 76.9 Å². The zero-order valence-electron chi connectivity index (χ0n) is 24.1. The van der Waals surface area contributed by atoms with Crippen molar-refractivity contribution in [1.82, 2.24) is 20.1 Å². The molecule has 3 heterocycles. The van der Waals surface area contributed by atoms with E-state index in [1.165, 1.54) is 6.07 Å². The van der Waals surface area contributed by atoms with E-state index in [0.717, 1.165) is 53.9 Å². The molecular formula is C30H47FN4O. The lowest BCUT2D eigenvalue weighted by molar-refractivity contribution is 0.222. The van der Waals surface area contributed by atoms with E-state index in [9.17, 15) is 4.39 Å². The van der Waals surface area contributed by atoms with Crippen LogP contribution in [0.3, 0.4) is 0 Å². The van der Waals surface area contributed by atoms with Gasteiger partial charge >= 0.3 is 0 Å². The van der Waals surface area contributed by atoms with Crippen molar-refractivity contribution >= 4 is 0 Å². The lowest BCUT2D eigenvalue weighted by Gasteiger charge is -2.22. The van der Waals surface area contributed by atoms with E-state index >= 15 is 0 Å². The minimum absolute atomic E-state index is 0.208. The van der Waals surface area contributed by atoms with Crippen molar-refractivity contribution in [2.75, 3.05) is 13.1 Å². The Hall–Kier alpha value is -2.73. The lowest BCUT2D eigenvalue weighted by atomic mass is 9.98. The highest BCUT2D eigenvalue weighted by molar-refractivity contribution is 5.63. The number of aryl methyl sites for hydroxylation is 2. The number of hydrogen-bond donors (Lipinski definition) is 1. The van der Waals surface area contributed by atoms with Crippen LogP contribution in [0.4, 0.5) is 4.39 Å². The standard InChI is InChI=1S/C24H29FN4O.3C2H6/c1-15-5-6-22(25)16(2)24(15)18(4)30-23-11-19(12-27-17(23)3)20-13-28-29(14-20)21-7-9-26-10-8-21;3*1-2/h5-6,11-14,18,21,26H,7-10H2,1-4H3;3*1-2H3. The Morgan fingerprint density at radius 1 is 0.972 bits per heavy atom. The molecule has 0 spiro atoms. The number of benzene rings is 1. The third-order valence-electron chi connectivity index (χ3n) is 6.04. The van der Waals surface area contributed by atoms with Crippen LogP contribution in [-0.4, -0.2) is 27.9 Å². The number of nitrogens with zero attached hydrogens (tertiary/aromatic N) is 3. The molecule has 0 bridgehead atoms. The van der Waals surface area contributed by atoms with Gasteiger partial charge in [-0.15, -0.1) is 0 Å². The number of nitrogens with one attached hydrogen (secondary N) is 1. The molecule has 1 saturated heterocycles. The van der Waals surface area contributed by atoms with Crippen LogP contribution in [0.25, 0.3) is 11.1 Å². The molecule has 1 aromatic carbocycles. The van der Waals surface area contributed by atoms with Gasteiger partial charge in [0.25, 0.3) is 0 Å². The van der Waals surface area contributed by atoms with Gasteiger partial charge in [0.05, 0.1) is 17.9 Å². The Bertz CT molecular complexity index is 1040. The highest BCUT2D eigenvalue weighted by Crippen LogP contribution is 2.32. The first-order valence-corrected chi connectivity index (χ1v) is 13.6. The highest BCUT2D eigenvalue weighted by atomic mass is 19.1. The number of halogens is 1. The van der Waals surface area contributed by atoms with Crippen LogP contribution in [0.1, 0.15) is 95.8 Å². The Morgan fingerprint density at radius 2 is 1.61 bits per heavy atom. The molecule has 36 heavy (non-hydrogen) atoms. The van der Waals surface area contributed by atoms with Crippen LogP contribution in [0, 0.1) is 26.6 Å². The number of piperidine rings is 1. The number of aromatic nitrogens is 3. The Labute approximate surface area is 218 Å². The maximum atomic E-state index is 14.1. The summed E-state index contributed by atoms with van der Waals surface area (Å²) in [5.41, 5.74) is 5.34. The zero-order chi connectivity index (χ0) is 27.3. The maximum absolute atomic E-state index is 14.1. The summed E-state index contributed by atoms with van der Waals surface area (Å²) < 4.78 is 22.4. The molecule has 200 valence electrons. The topological polar surface area (TPSA) is 52.0 Å². The molecule has 5 nitrogen and oxygen atoms in total. The quantitative estimate of drug-likeness (QED) is 0.385. The smallest absolute Gasteiger partial charge is 0.142 e. The van der Waals surface area contributed by atoms with Gasteiger partial charge in [-0.2, -0.15) is 5.10 Å². The first kappa shape index (κ1) is 31.3. The monoisotopic (exact) mass is 498 g/mol. The molecule has 1 unspecified atom stereocenters. The second-order valence-electron chi connectivity index (χ2n) is 8.16. The van der Waals surface area contributed by atoms with Crippen LogP contribution < -0.4 is 10.1 Å². The second-order valence-corrected chi connectivity index (χ2v) is 8.16. The van der Waals surface area contributed by atoms with Crippen molar-refractivity contribution in [3.8, 4) is 16.9 Å². The van der Waals surface area contributed by atoms with Crippen molar-refractivity contribution in [2.45, 2.75) is 94.2 Å². The molecule has 0 saturated carbocycles. The fourth-order valence-corrected chi connectivity index (χ4v) is 4.26. The van der Waals surface area contributed by atoms with E-state index in [-0.39, 0.29) is 11.9 Å². The van der Waals surface area contributed by atoms with Crippen LogP contribution in [0.15, 0.2) is 36.8 Å². The van der Waals surface area contributed by atoms with Crippen molar-refractivity contribution in [3.05, 3.63) is 65.0 Å². The zero-order valence-corrected chi connectivity index (χ0v) is 24.1. The fourth-order valence-electron chi connectivity index (χ4n) is 4.26. The van der Waals surface area contributed by atoms with Crippen LogP contribution in [0.2, 0.25) is 0 Å². The first-order valence-electron chi connectivity index (χ1n) is 13.6. The van der Waals surface area contributed by atoms with E-state index in [1.54, 1.807) is 13.0 Å². The number of pyridine rings is 1. The minimum Gasteiger partial charge on any atom is -0.484 e. The van der Waals surface area contributed by atoms with Crippen molar-refractivity contribution in [3.63, 3.8) is 0 Å². The summed E-state index contributed by atoms with van der Waals surface area (Å²) in [6, 6.07) is 5.75. The van der Waals surface area contributed by atoms with Gasteiger partial charge in [0.15, 0.2) is 0 Å². The summed E-state index contributed by atoms with van der Waals surface area (Å²) in [6.45, 7) is 21.7. The van der Waals surface area contributed by atoms with E-state index in [4.69, 9.17) is 4.74 Å². The number of ether oxygens (including phenoxy) is 1. The fraction of sp³-hybridized carbons (Fsp3) is 0.533. The third-order valence-corrected chi connectivity index (χ3v) is 6.04. The molecule has 4 rings (SSSR count). The molecule has 0 amide bonds. The van der Waals surface area contributed by atoms with Gasteiger partial charge in [-0.25, -0.2) is 4.39 Å². The van der Waals surface area contributed by atoms with E-state index in [2.05, 4.69) is 26.3 Å². The Kier molecular flexibility index (Phi) is 14.0. The van der Waals surface area contributed by atoms with Gasteiger partial charge in [0.2, 0.25) is 0 Å². The summed E-state index contributed by atoms with van der Waals surface area (Å²) in [7, 11) is 0. The van der Waals surface area contributed by atoms with Gasteiger partial charge in [-0.1, -0.05) is 47.6 Å². The number of rotatable bonds is 5. The van der Waals surface area contributed by atoms with Crippen LogP contribution >= 0.6 is 0 Å². The summed E-state index contributed by atoms with van der Waals surface area (Å²) in [5.74, 6) is 0.498. The third kappa shape index (κ3) is 7.89. The Balaban J connectivity index is 0.00000101. The van der Waals surface area contributed by atoms with Crippen molar-refractivity contribution in [1.29, 1.82) is 0 Å². The summed E-state index contributed by atoms with van der Waals surface area (Å²) in [6.07, 6.45) is 7.74. The molecule has 1 aliphatic rings. The van der Waals surface area contributed by atoms with Gasteiger partial charge < -0.3 is 10.1 Å². The van der Waals surface area contributed by atoms with Crippen molar-refractivity contribution in [2.24, 2.45) is 0 Å². The molecule has 1 atom stereocenters. The van der Waals surface area contributed by atoms with E-state index in [1.807, 2.05) is 80.8 Å². The number of hydrogen-bond acceptors (Lipinski definition) is 4. The molecule has 1 N–H and O–H groups in total. The average molecular weight is 499 g/mol. The normalized spacial score (nSPS) is 13.8. The predicted molar refractivity (Wildman–Crippen MR) is 150 cm³/mol. The maximum Gasteiger partial charge on any atom is 0.142 e. The summed E-state index contributed by atoms with van der Waals surface area (Å²) >= 11 is 0. The van der Waals surface area contributed by atoms with E-state index < -0.39 is 0 Å². The predicted octanol–water partition coefficient (Wildman–Crippen LogP) is 8.15. The molecule has 3 aromatic rings. The average Bonchev–Trinajstić information content (AvgIpc) is 3.42. The molecular weight excluding hydrogens is 451 g/mol. The first-order chi connectivity index (χ1) is 17.4. The molecule has 0 radical (unpaired) electrons. The van der Waals surface area contributed by atoms with Gasteiger partial charge in [0.1, 0.15) is 17.7 Å².